The molecule has 0 unspecified atom stereocenters. The number of nitriles is 1. The highest BCUT2D eigenvalue weighted by Crippen LogP contribution is 2.18. The largest absolute Gasteiger partial charge is 0.514 e. The van der Waals surface area contributed by atoms with Crippen LogP contribution >= 0.6 is 0 Å². The minimum Gasteiger partial charge on any atom is -0.428 e. The molecule has 1 aromatic carbocycles. The summed E-state index contributed by atoms with van der Waals surface area (Å²) in [6.45, 7) is 5.11. The molecule has 0 N–H and O–H groups in total. The van der Waals surface area contributed by atoms with Gasteiger partial charge in [0, 0.05) is 12.8 Å². The lowest BCUT2D eigenvalue weighted by Gasteiger charge is -2.18. The van der Waals surface area contributed by atoms with Crippen LogP contribution in [-0.2, 0) is 24.0 Å². The predicted molar refractivity (Wildman–Crippen MR) is 94.1 cm³/mol. The lowest BCUT2D eigenvalue weighted by Crippen LogP contribution is -2.32. The smallest absolute Gasteiger partial charge is 0.428 e. The molecular weight excluding hydrogens is 368 g/mol. The van der Waals surface area contributed by atoms with Gasteiger partial charge in [-0.1, -0.05) is 12.1 Å². The maximum atomic E-state index is 12.0. The standard InChI is InChI=1S/C19H18N2O7/c1-19(2,3)27-18(25)26-14-6-4-12(5-7-14)10-13(11-20)17(24)28-21-15(22)8-9-16(21)23/h4-7,10H,8-9H2,1-3H3. The number of imide groups is 1. The second-order valence-electron chi connectivity index (χ2n) is 6.77. The fourth-order valence-corrected chi connectivity index (χ4v) is 2.09. The van der Waals surface area contributed by atoms with E-state index in [1.165, 1.54) is 30.3 Å². The zero-order valence-corrected chi connectivity index (χ0v) is 15.6. The van der Waals surface area contributed by atoms with E-state index in [1.54, 1.807) is 26.8 Å². The summed E-state index contributed by atoms with van der Waals surface area (Å²) in [7, 11) is 0. The van der Waals surface area contributed by atoms with Crippen LogP contribution in [0.4, 0.5) is 4.79 Å². The zero-order valence-electron chi connectivity index (χ0n) is 15.6. The number of nitrogens with zero attached hydrogens (tertiary/aromatic N) is 2. The first-order valence-electron chi connectivity index (χ1n) is 8.30. The molecule has 0 radical (unpaired) electrons. The molecule has 9 heteroatoms. The van der Waals surface area contributed by atoms with Gasteiger partial charge >= 0.3 is 12.1 Å². The van der Waals surface area contributed by atoms with E-state index in [1.807, 2.05) is 0 Å². The molecule has 1 heterocycles. The van der Waals surface area contributed by atoms with Gasteiger partial charge in [-0.3, -0.25) is 9.59 Å². The number of benzene rings is 1. The van der Waals surface area contributed by atoms with Crippen molar-refractivity contribution in [3.8, 4) is 11.8 Å². The molecule has 0 aliphatic carbocycles. The molecule has 0 bridgehead atoms. The third kappa shape index (κ3) is 5.67. The highest BCUT2D eigenvalue weighted by Gasteiger charge is 2.33. The Labute approximate surface area is 161 Å². The van der Waals surface area contributed by atoms with Crippen molar-refractivity contribution in [3.63, 3.8) is 0 Å². The van der Waals surface area contributed by atoms with Crippen LogP contribution in [0.2, 0.25) is 0 Å². The normalized spacial score (nSPS) is 14.5. The Balaban J connectivity index is 2.05. The Morgan fingerprint density at radius 2 is 1.68 bits per heavy atom. The summed E-state index contributed by atoms with van der Waals surface area (Å²) in [5.41, 5.74) is -0.669. The van der Waals surface area contributed by atoms with Gasteiger partial charge < -0.3 is 14.3 Å². The van der Waals surface area contributed by atoms with E-state index in [0.717, 1.165) is 0 Å². The van der Waals surface area contributed by atoms with Crippen molar-refractivity contribution in [1.29, 1.82) is 5.26 Å². The zero-order chi connectivity index (χ0) is 20.9. The van der Waals surface area contributed by atoms with E-state index in [4.69, 9.17) is 19.6 Å². The summed E-state index contributed by atoms with van der Waals surface area (Å²) in [4.78, 5) is 51.3. The maximum absolute atomic E-state index is 12.0. The number of ether oxygens (including phenoxy) is 2. The van der Waals surface area contributed by atoms with Crippen molar-refractivity contribution >= 4 is 30.0 Å². The Morgan fingerprint density at radius 1 is 1.11 bits per heavy atom. The van der Waals surface area contributed by atoms with Crippen molar-refractivity contribution in [1.82, 2.24) is 5.06 Å². The van der Waals surface area contributed by atoms with Crippen LogP contribution in [0.1, 0.15) is 39.2 Å². The fourth-order valence-electron chi connectivity index (χ4n) is 2.09. The van der Waals surface area contributed by atoms with Crippen LogP contribution < -0.4 is 4.74 Å². The van der Waals surface area contributed by atoms with E-state index in [2.05, 4.69) is 0 Å². The van der Waals surface area contributed by atoms with Crippen LogP contribution in [0.3, 0.4) is 0 Å². The van der Waals surface area contributed by atoms with E-state index in [-0.39, 0.29) is 18.6 Å². The van der Waals surface area contributed by atoms with Crippen LogP contribution in [0.5, 0.6) is 5.75 Å². The third-order valence-corrected chi connectivity index (χ3v) is 3.30. The average molecular weight is 386 g/mol. The van der Waals surface area contributed by atoms with Crippen molar-refractivity contribution in [2.24, 2.45) is 0 Å². The van der Waals surface area contributed by atoms with E-state index in [0.29, 0.717) is 10.6 Å². The van der Waals surface area contributed by atoms with Gasteiger partial charge in [-0.15, -0.1) is 5.06 Å². The molecule has 1 aromatic rings. The Hall–Kier alpha value is -3.67. The highest BCUT2D eigenvalue weighted by molar-refractivity contribution is 6.04. The van der Waals surface area contributed by atoms with Crippen LogP contribution in [0, 0.1) is 11.3 Å². The molecule has 0 aromatic heterocycles. The molecule has 2 rings (SSSR count). The SMILES string of the molecule is CC(C)(C)OC(=O)Oc1ccc(C=C(C#N)C(=O)ON2C(=O)CCC2=O)cc1. The molecule has 0 atom stereocenters. The summed E-state index contributed by atoms with van der Waals surface area (Å²) in [5.74, 6) is -2.19. The summed E-state index contributed by atoms with van der Waals surface area (Å²) < 4.78 is 10.0. The van der Waals surface area contributed by atoms with Crippen LogP contribution in [0.25, 0.3) is 6.08 Å². The Morgan fingerprint density at radius 3 is 2.18 bits per heavy atom. The summed E-state index contributed by atoms with van der Waals surface area (Å²) in [6.07, 6.45) is 0.259. The molecule has 2 amide bonds. The first-order valence-corrected chi connectivity index (χ1v) is 8.30. The van der Waals surface area contributed by atoms with Gasteiger partial charge in [0.15, 0.2) is 0 Å². The quantitative estimate of drug-likeness (QED) is 0.254. The second-order valence-corrected chi connectivity index (χ2v) is 6.77. The summed E-state index contributed by atoms with van der Waals surface area (Å²) in [6, 6.07) is 7.55. The molecule has 0 saturated carbocycles. The van der Waals surface area contributed by atoms with Gasteiger partial charge in [0.05, 0.1) is 0 Å². The Kier molecular flexibility index (Phi) is 6.15. The molecule has 1 saturated heterocycles. The van der Waals surface area contributed by atoms with Crippen molar-refractivity contribution in [3.05, 3.63) is 35.4 Å². The highest BCUT2D eigenvalue weighted by atomic mass is 16.7. The molecule has 1 aliphatic heterocycles. The number of carbonyl (C=O) groups is 4. The topological polar surface area (TPSA) is 123 Å². The molecule has 1 aliphatic rings. The minimum absolute atomic E-state index is 0.0448. The maximum Gasteiger partial charge on any atom is 0.514 e. The molecule has 1 fully saturated rings. The number of hydrogen-bond donors (Lipinski definition) is 0. The monoisotopic (exact) mass is 386 g/mol. The average Bonchev–Trinajstić information content (AvgIpc) is 2.91. The van der Waals surface area contributed by atoms with Crippen LogP contribution in [-0.4, -0.2) is 34.6 Å². The van der Waals surface area contributed by atoms with Gasteiger partial charge in [-0.2, -0.15) is 5.26 Å². The number of carbonyl (C=O) groups excluding carboxylic acids is 4. The molecular formula is C19H18N2O7. The number of hydroxylamine groups is 2. The predicted octanol–water partition coefficient (Wildman–Crippen LogP) is 2.51. The van der Waals surface area contributed by atoms with Gasteiger partial charge in [0.25, 0.3) is 11.8 Å². The van der Waals surface area contributed by atoms with Crippen molar-refractivity contribution in [2.75, 3.05) is 0 Å². The lowest BCUT2D eigenvalue weighted by atomic mass is 10.1. The fraction of sp³-hybridized carbons (Fsp3) is 0.316. The number of rotatable bonds is 4. The summed E-state index contributed by atoms with van der Waals surface area (Å²) in [5, 5.41) is 9.52. The molecule has 146 valence electrons. The van der Waals surface area contributed by atoms with Crippen LogP contribution in [0.15, 0.2) is 29.8 Å². The van der Waals surface area contributed by atoms with Gasteiger partial charge in [0.2, 0.25) is 0 Å². The van der Waals surface area contributed by atoms with Gasteiger partial charge in [-0.05, 0) is 44.5 Å². The number of hydrogen-bond acceptors (Lipinski definition) is 8. The van der Waals surface area contributed by atoms with Crippen molar-refractivity contribution < 1.29 is 33.5 Å². The van der Waals surface area contributed by atoms with Gasteiger partial charge in [-0.25, -0.2) is 9.59 Å². The third-order valence-electron chi connectivity index (χ3n) is 3.30. The van der Waals surface area contributed by atoms with E-state index in [9.17, 15) is 19.2 Å². The minimum atomic E-state index is -1.12. The molecule has 28 heavy (non-hydrogen) atoms. The van der Waals surface area contributed by atoms with Crippen molar-refractivity contribution in [2.45, 2.75) is 39.2 Å². The lowest BCUT2D eigenvalue weighted by molar-refractivity contribution is -0.194. The second kappa shape index (κ2) is 8.35. The summed E-state index contributed by atoms with van der Waals surface area (Å²) >= 11 is 0. The first-order chi connectivity index (χ1) is 13.1. The number of amides is 2. The molecule has 9 nitrogen and oxygen atoms in total. The Bertz CT molecular complexity index is 857. The molecule has 0 spiro atoms. The first kappa shape index (κ1) is 20.6. The van der Waals surface area contributed by atoms with E-state index < -0.39 is 35.1 Å². The van der Waals surface area contributed by atoms with Gasteiger partial charge in [0.1, 0.15) is 23.0 Å². The van der Waals surface area contributed by atoms with E-state index >= 15 is 0 Å².